The molecule has 1 aliphatic rings. The zero-order valence-corrected chi connectivity index (χ0v) is 8.76. The molecule has 1 N–H and O–H groups in total. The van der Waals surface area contributed by atoms with Gasteiger partial charge in [-0.05, 0) is 26.2 Å². The van der Waals surface area contributed by atoms with Gasteiger partial charge in [-0.1, -0.05) is 0 Å². The molecule has 0 aromatic carbocycles. The van der Waals surface area contributed by atoms with E-state index in [0.717, 1.165) is 25.2 Å². The Labute approximate surface area is 88.1 Å². The highest BCUT2D eigenvalue weighted by atomic mass is 16.4. The molecule has 5 nitrogen and oxygen atoms in total. The van der Waals surface area contributed by atoms with Crippen molar-refractivity contribution >= 4 is 5.97 Å². The van der Waals surface area contributed by atoms with Gasteiger partial charge in [0.2, 0.25) is 0 Å². The van der Waals surface area contributed by atoms with Gasteiger partial charge in [-0.2, -0.15) is 0 Å². The van der Waals surface area contributed by atoms with Crippen molar-refractivity contribution in [3.8, 4) is 0 Å². The van der Waals surface area contributed by atoms with Crippen LogP contribution in [0.1, 0.15) is 37.9 Å². The summed E-state index contributed by atoms with van der Waals surface area (Å²) in [4.78, 5) is 10.8. The summed E-state index contributed by atoms with van der Waals surface area (Å²) in [6.45, 7) is 2.88. The number of rotatable bonds is 3. The first-order chi connectivity index (χ1) is 7.22. The Morgan fingerprint density at radius 2 is 2.47 bits per heavy atom. The van der Waals surface area contributed by atoms with Crippen LogP contribution in [0.3, 0.4) is 0 Å². The van der Waals surface area contributed by atoms with Crippen molar-refractivity contribution in [2.75, 3.05) is 0 Å². The standard InChI is InChI=1S/C10H15N3O2/c1-2-13-6-11-12-9(13)7-3-4-8(5-7)10(14)15/h6-8H,2-5H2,1H3,(H,14,15). The van der Waals surface area contributed by atoms with Crippen molar-refractivity contribution in [3.63, 3.8) is 0 Å². The van der Waals surface area contributed by atoms with Gasteiger partial charge in [0, 0.05) is 12.5 Å². The SMILES string of the molecule is CCn1cnnc1C1CCC(C(=O)O)C1. The molecule has 0 aliphatic heterocycles. The average Bonchev–Trinajstić information content (AvgIpc) is 2.85. The van der Waals surface area contributed by atoms with Gasteiger partial charge in [-0.3, -0.25) is 4.79 Å². The highest BCUT2D eigenvalue weighted by Gasteiger charge is 2.32. The van der Waals surface area contributed by atoms with E-state index in [1.54, 1.807) is 6.33 Å². The fraction of sp³-hybridized carbons (Fsp3) is 0.700. The number of aryl methyl sites for hydroxylation is 1. The number of hydrogen-bond acceptors (Lipinski definition) is 3. The first kappa shape index (κ1) is 10.1. The molecule has 82 valence electrons. The molecule has 0 spiro atoms. The molecule has 2 atom stereocenters. The molecular weight excluding hydrogens is 194 g/mol. The van der Waals surface area contributed by atoms with Crippen LogP contribution in [-0.2, 0) is 11.3 Å². The lowest BCUT2D eigenvalue weighted by molar-refractivity contribution is -0.141. The van der Waals surface area contributed by atoms with Crippen LogP contribution in [0.25, 0.3) is 0 Å². The van der Waals surface area contributed by atoms with Crippen molar-refractivity contribution < 1.29 is 9.90 Å². The number of aromatic nitrogens is 3. The molecule has 15 heavy (non-hydrogen) atoms. The molecule has 0 radical (unpaired) electrons. The first-order valence-electron chi connectivity index (χ1n) is 5.33. The molecule has 1 aliphatic carbocycles. The summed E-state index contributed by atoms with van der Waals surface area (Å²) in [5, 5.41) is 16.9. The van der Waals surface area contributed by atoms with E-state index >= 15 is 0 Å². The predicted molar refractivity (Wildman–Crippen MR) is 53.4 cm³/mol. The monoisotopic (exact) mass is 209 g/mol. The van der Waals surface area contributed by atoms with E-state index in [4.69, 9.17) is 5.11 Å². The largest absolute Gasteiger partial charge is 0.481 e. The van der Waals surface area contributed by atoms with E-state index in [2.05, 4.69) is 10.2 Å². The van der Waals surface area contributed by atoms with Crippen LogP contribution in [0.2, 0.25) is 0 Å². The van der Waals surface area contributed by atoms with Crippen LogP contribution in [0, 0.1) is 5.92 Å². The first-order valence-corrected chi connectivity index (χ1v) is 5.33. The van der Waals surface area contributed by atoms with Gasteiger partial charge in [0.05, 0.1) is 5.92 Å². The Morgan fingerprint density at radius 3 is 3.07 bits per heavy atom. The molecule has 1 fully saturated rings. The van der Waals surface area contributed by atoms with E-state index < -0.39 is 5.97 Å². The normalized spacial score (nSPS) is 25.7. The topological polar surface area (TPSA) is 68.0 Å². The molecule has 1 heterocycles. The Kier molecular flexibility index (Phi) is 2.70. The van der Waals surface area contributed by atoms with Crippen LogP contribution >= 0.6 is 0 Å². The summed E-state index contributed by atoms with van der Waals surface area (Å²) >= 11 is 0. The number of carbonyl (C=O) groups is 1. The van der Waals surface area contributed by atoms with Gasteiger partial charge in [-0.15, -0.1) is 10.2 Å². The van der Waals surface area contributed by atoms with Gasteiger partial charge in [0.15, 0.2) is 0 Å². The molecule has 0 amide bonds. The molecular formula is C10H15N3O2. The molecule has 0 saturated heterocycles. The van der Waals surface area contributed by atoms with Crippen molar-refractivity contribution in [1.29, 1.82) is 0 Å². The van der Waals surface area contributed by atoms with Crippen LogP contribution in [0.5, 0.6) is 0 Å². The number of nitrogens with zero attached hydrogens (tertiary/aromatic N) is 3. The third-order valence-corrected chi connectivity index (χ3v) is 3.13. The summed E-state index contributed by atoms with van der Waals surface area (Å²) in [5.41, 5.74) is 0. The molecule has 2 unspecified atom stereocenters. The lowest BCUT2D eigenvalue weighted by Gasteiger charge is -2.09. The van der Waals surface area contributed by atoms with E-state index in [-0.39, 0.29) is 11.8 Å². The van der Waals surface area contributed by atoms with Crippen molar-refractivity contribution in [2.45, 2.75) is 38.6 Å². The highest BCUT2D eigenvalue weighted by Crippen LogP contribution is 2.37. The number of carboxylic acids is 1. The fourth-order valence-corrected chi connectivity index (χ4v) is 2.26. The minimum atomic E-state index is -0.680. The lowest BCUT2D eigenvalue weighted by Crippen LogP contribution is -2.10. The van der Waals surface area contributed by atoms with Crippen LogP contribution in [0.15, 0.2) is 6.33 Å². The predicted octanol–water partition coefficient (Wildman–Crippen LogP) is 1.27. The van der Waals surface area contributed by atoms with E-state index in [1.165, 1.54) is 0 Å². The minimum absolute atomic E-state index is 0.197. The maximum Gasteiger partial charge on any atom is 0.306 e. The van der Waals surface area contributed by atoms with Crippen LogP contribution < -0.4 is 0 Å². The summed E-state index contributed by atoms with van der Waals surface area (Å²) in [6, 6.07) is 0. The maximum absolute atomic E-state index is 10.8. The second-order valence-corrected chi connectivity index (χ2v) is 4.02. The Hall–Kier alpha value is -1.39. The number of carboxylic acid groups (broad SMARTS) is 1. The second-order valence-electron chi connectivity index (χ2n) is 4.02. The molecule has 1 saturated carbocycles. The quantitative estimate of drug-likeness (QED) is 0.813. The van der Waals surface area contributed by atoms with Crippen LogP contribution in [-0.4, -0.2) is 25.8 Å². The van der Waals surface area contributed by atoms with Gasteiger partial charge in [-0.25, -0.2) is 0 Å². The fourth-order valence-electron chi connectivity index (χ4n) is 2.26. The van der Waals surface area contributed by atoms with Gasteiger partial charge in [0.1, 0.15) is 12.2 Å². The molecule has 1 aromatic heterocycles. The highest BCUT2D eigenvalue weighted by molar-refractivity contribution is 5.70. The summed E-state index contributed by atoms with van der Waals surface area (Å²) < 4.78 is 1.99. The van der Waals surface area contributed by atoms with E-state index in [0.29, 0.717) is 6.42 Å². The average molecular weight is 209 g/mol. The summed E-state index contributed by atoms with van der Waals surface area (Å²) in [6.07, 6.45) is 4.09. The van der Waals surface area contributed by atoms with E-state index in [1.807, 2.05) is 11.5 Å². The van der Waals surface area contributed by atoms with Gasteiger partial charge < -0.3 is 9.67 Å². The number of hydrogen-bond donors (Lipinski definition) is 1. The Morgan fingerprint density at radius 1 is 1.67 bits per heavy atom. The smallest absolute Gasteiger partial charge is 0.306 e. The Balaban J connectivity index is 2.10. The summed E-state index contributed by atoms with van der Waals surface area (Å²) in [7, 11) is 0. The molecule has 5 heteroatoms. The second kappa shape index (κ2) is 4.00. The number of aliphatic carboxylic acids is 1. The van der Waals surface area contributed by atoms with Gasteiger partial charge in [0.25, 0.3) is 0 Å². The van der Waals surface area contributed by atoms with E-state index in [9.17, 15) is 4.79 Å². The third-order valence-electron chi connectivity index (χ3n) is 3.13. The van der Waals surface area contributed by atoms with Gasteiger partial charge >= 0.3 is 5.97 Å². The Bertz CT molecular complexity index is 361. The van der Waals surface area contributed by atoms with Crippen molar-refractivity contribution in [3.05, 3.63) is 12.2 Å². The zero-order chi connectivity index (χ0) is 10.8. The third kappa shape index (κ3) is 1.86. The molecule has 2 rings (SSSR count). The zero-order valence-electron chi connectivity index (χ0n) is 8.76. The maximum atomic E-state index is 10.8. The molecule has 1 aromatic rings. The van der Waals surface area contributed by atoms with Crippen molar-refractivity contribution in [1.82, 2.24) is 14.8 Å². The molecule has 0 bridgehead atoms. The van der Waals surface area contributed by atoms with Crippen LogP contribution in [0.4, 0.5) is 0 Å². The summed E-state index contributed by atoms with van der Waals surface area (Å²) in [5.74, 6) is 0.340. The lowest BCUT2D eigenvalue weighted by atomic mass is 10.0. The van der Waals surface area contributed by atoms with Crippen molar-refractivity contribution in [2.24, 2.45) is 5.92 Å². The minimum Gasteiger partial charge on any atom is -0.481 e.